The SMILES string of the molecule is CC(C)(C)OC(=O)N1CC[C@@H](c2ccc(Cl)cc2)[C@H](COc2cc(F)c(S(=O)(=O)NC(=O)c3ccccn3)cc2F)C1. The summed E-state index contributed by atoms with van der Waals surface area (Å²) in [7, 11) is -4.77. The maximum atomic E-state index is 15.0. The molecule has 42 heavy (non-hydrogen) atoms. The summed E-state index contributed by atoms with van der Waals surface area (Å²) >= 11 is 6.05. The number of likely N-dealkylation sites (tertiary alicyclic amines) is 1. The van der Waals surface area contributed by atoms with E-state index in [2.05, 4.69) is 4.98 Å². The molecule has 0 bridgehead atoms. The van der Waals surface area contributed by atoms with Crippen LogP contribution in [0.4, 0.5) is 13.6 Å². The van der Waals surface area contributed by atoms with E-state index < -0.39 is 49.9 Å². The molecule has 0 unspecified atom stereocenters. The predicted molar refractivity (Wildman–Crippen MR) is 151 cm³/mol. The van der Waals surface area contributed by atoms with E-state index in [0.29, 0.717) is 30.1 Å². The molecule has 0 aliphatic carbocycles. The lowest BCUT2D eigenvalue weighted by Crippen LogP contribution is -2.46. The fourth-order valence-corrected chi connectivity index (χ4v) is 5.75. The van der Waals surface area contributed by atoms with E-state index in [4.69, 9.17) is 21.1 Å². The van der Waals surface area contributed by atoms with E-state index in [-0.39, 0.29) is 30.7 Å². The number of nitrogens with one attached hydrogen (secondary N) is 1. The molecule has 3 aromatic rings. The zero-order valence-corrected chi connectivity index (χ0v) is 24.7. The molecule has 2 aromatic carbocycles. The van der Waals surface area contributed by atoms with Crippen molar-refractivity contribution in [2.24, 2.45) is 5.92 Å². The fourth-order valence-electron chi connectivity index (χ4n) is 4.59. The highest BCUT2D eigenvalue weighted by Gasteiger charge is 2.35. The van der Waals surface area contributed by atoms with Gasteiger partial charge in [-0.1, -0.05) is 29.8 Å². The van der Waals surface area contributed by atoms with Crippen molar-refractivity contribution >= 4 is 33.6 Å². The van der Waals surface area contributed by atoms with E-state index in [1.165, 1.54) is 24.4 Å². The number of ether oxygens (including phenoxy) is 2. The molecule has 1 N–H and O–H groups in total. The van der Waals surface area contributed by atoms with Crippen LogP contribution in [-0.2, 0) is 14.8 Å². The molecule has 13 heteroatoms. The number of halogens is 3. The van der Waals surface area contributed by atoms with Gasteiger partial charge < -0.3 is 14.4 Å². The molecular weight excluding hydrogens is 592 g/mol. The van der Waals surface area contributed by atoms with Crippen molar-refractivity contribution < 1.29 is 36.3 Å². The maximum absolute atomic E-state index is 15.0. The highest BCUT2D eigenvalue weighted by atomic mass is 35.5. The molecule has 4 rings (SSSR count). The van der Waals surface area contributed by atoms with Crippen LogP contribution < -0.4 is 9.46 Å². The predicted octanol–water partition coefficient (Wildman–Crippen LogP) is 5.55. The van der Waals surface area contributed by atoms with Gasteiger partial charge in [0, 0.05) is 42.4 Å². The van der Waals surface area contributed by atoms with E-state index >= 15 is 4.39 Å². The summed E-state index contributed by atoms with van der Waals surface area (Å²) in [6.45, 7) is 5.80. The molecule has 1 fully saturated rings. The van der Waals surface area contributed by atoms with Gasteiger partial charge in [-0.2, -0.15) is 0 Å². The molecule has 2 atom stereocenters. The second-order valence-corrected chi connectivity index (χ2v) is 12.9. The van der Waals surface area contributed by atoms with Crippen molar-refractivity contribution in [3.8, 4) is 5.75 Å². The number of pyridine rings is 1. The number of aromatic nitrogens is 1. The van der Waals surface area contributed by atoms with Crippen LogP contribution in [0.1, 0.15) is 49.2 Å². The number of piperidine rings is 1. The topological polar surface area (TPSA) is 115 Å². The summed E-state index contributed by atoms with van der Waals surface area (Å²) in [5, 5.41) is 0.557. The van der Waals surface area contributed by atoms with Gasteiger partial charge in [-0.3, -0.25) is 9.78 Å². The lowest BCUT2D eigenvalue weighted by atomic mass is 9.81. The average molecular weight is 622 g/mol. The molecular formula is C29H30ClF2N3O6S. The molecule has 224 valence electrons. The Morgan fingerprint density at radius 1 is 1.10 bits per heavy atom. The molecule has 9 nitrogen and oxygen atoms in total. The minimum absolute atomic E-state index is 0.102. The minimum atomic E-state index is -4.77. The molecule has 0 spiro atoms. The van der Waals surface area contributed by atoms with Gasteiger partial charge in [0.1, 0.15) is 22.0 Å². The molecule has 0 saturated carbocycles. The van der Waals surface area contributed by atoms with E-state index in [1.54, 1.807) is 42.5 Å². The lowest BCUT2D eigenvalue weighted by Gasteiger charge is -2.39. The molecule has 0 radical (unpaired) electrons. The largest absolute Gasteiger partial charge is 0.490 e. The van der Waals surface area contributed by atoms with Crippen molar-refractivity contribution in [2.75, 3.05) is 19.7 Å². The number of benzene rings is 2. The van der Waals surface area contributed by atoms with Crippen molar-refractivity contribution in [3.63, 3.8) is 0 Å². The smallest absolute Gasteiger partial charge is 0.410 e. The minimum Gasteiger partial charge on any atom is -0.490 e. The summed E-state index contributed by atoms with van der Waals surface area (Å²) < 4.78 is 68.2. The van der Waals surface area contributed by atoms with Crippen molar-refractivity contribution in [1.82, 2.24) is 14.6 Å². The van der Waals surface area contributed by atoms with Crippen LogP contribution >= 0.6 is 11.6 Å². The van der Waals surface area contributed by atoms with Gasteiger partial charge in [-0.25, -0.2) is 26.7 Å². The first-order valence-corrected chi connectivity index (χ1v) is 14.9. The van der Waals surface area contributed by atoms with Crippen LogP contribution in [0.15, 0.2) is 65.7 Å². The first kappa shape index (κ1) is 31.2. The lowest BCUT2D eigenvalue weighted by molar-refractivity contribution is 0.0110. The summed E-state index contributed by atoms with van der Waals surface area (Å²) in [6.07, 6.45) is 1.34. The van der Waals surface area contributed by atoms with E-state index in [0.717, 1.165) is 5.56 Å². The number of carbonyl (C=O) groups excluding carboxylic acids is 2. The number of hydrogen-bond acceptors (Lipinski definition) is 7. The Hall–Kier alpha value is -3.77. The normalized spacial score (nSPS) is 17.4. The van der Waals surface area contributed by atoms with Gasteiger partial charge >= 0.3 is 6.09 Å². The van der Waals surface area contributed by atoms with Crippen LogP contribution in [0, 0.1) is 17.6 Å². The van der Waals surface area contributed by atoms with Crippen molar-refractivity contribution in [1.29, 1.82) is 0 Å². The van der Waals surface area contributed by atoms with Gasteiger partial charge in [0.05, 0.1) is 6.61 Å². The van der Waals surface area contributed by atoms with Gasteiger partial charge in [-0.15, -0.1) is 0 Å². The van der Waals surface area contributed by atoms with Crippen molar-refractivity contribution in [3.05, 3.63) is 88.7 Å². The van der Waals surface area contributed by atoms with Crippen LogP contribution in [0.25, 0.3) is 0 Å². The second-order valence-electron chi connectivity index (χ2n) is 10.8. The number of hydrogen-bond donors (Lipinski definition) is 1. The number of carbonyl (C=O) groups is 2. The Kier molecular flexibility index (Phi) is 9.37. The summed E-state index contributed by atoms with van der Waals surface area (Å²) in [6, 6.07) is 12.5. The highest BCUT2D eigenvalue weighted by molar-refractivity contribution is 7.90. The molecule has 1 aromatic heterocycles. The van der Waals surface area contributed by atoms with E-state index in [1.807, 2.05) is 12.1 Å². The van der Waals surface area contributed by atoms with Crippen LogP contribution in [0.5, 0.6) is 5.75 Å². The van der Waals surface area contributed by atoms with Gasteiger partial charge in [0.25, 0.3) is 15.9 Å². The first-order valence-electron chi connectivity index (χ1n) is 13.1. The highest BCUT2D eigenvalue weighted by Crippen LogP contribution is 2.35. The number of nitrogens with zero attached hydrogens (tertiary/aromatic N) is 2. The Morgan fingerprint density at radius 3 is 2.45 bits per heavy atom. The molecule has 1 saturated heterocycles. The van der Waals surface area contributed by atoms with Crippen LogP contribution in [-0.4, -0.2) is 55.6 Å². The molecule has 1 aliphatic rings. The summed E-state index contributed by atoms with van der Waals surface area (Å²) in [4.78, 5) is 29.2. The fraction of sp³-hybridized carbons (Fsp3) is 0.345. The summed E-state index contributed by atoms with van der Waals surface area (Å²) in [5.74, 6) is -4.54. The standard InChI is InChI=1S/C29H30ClF2N3O6S/c1-29(2,3)41-28(37)35-13-11-21(18-7-9-20(30)10-8-18)19(16-35)17-40-25-14-23(32)26(15-22(25)31)42(38,39)34-27(36)24-6-4-5-12-33-24/h4-10,12,14-15,19,21H,11,13,16-17H2,1-3H3,(H,34,36)/t19-,21-/m0/s1. The average Bonchev–Trinajstić information content (AvgIpc) is 2.93. The van der Waals surface area contributed by atoms with Gasteiger partial charge in [-0.05, 0) is 62.9 Å². The summed E-state index contributed by atoms with van der Waals surface area (Å²) in [5.41, 5.74) is 0.0225. The Balaban J connectivity index is 1.53. The van der Waals surface area contributed by atoms with Crippen LogP contribution in [0.2, 0.25) is 5.02 Å². The Labute approximate surface area is 247 Å². The Bertz CT molecular complexity index is 1550. The molecule has 2 heterocycles. The number of sulfonamides is 1. The third-order valence-electron chi connectivity index (χ3n) is 6.54. The second kappa shape index (κ2) is 12.6. The number of amides is 2. The molecule has 1 aliphatic heterocycles. The van der Waals surface area contributed by atoms with Gasteiger partial charge in [0.2, 0.25) is 0 Å². The van der Waals surface area contributed by atoms with Crippen LogP contribution in [0.3, 0.4) is 0 Å². The van der Waals surface area contributed by atoms with Crippen molar-refractivity contribution in [2.45, 2.75) is 43.6 Å². The first-order chi connectivity index (χ1) is 19.7. The zero-order valence-electron chi connectivity index (χ0n) is 23.1. The zero-order chi connectivity index (χ0) is 30.7. The third-order valence-corrected chi connectivity index (χ3v) is 8.14. The maximum Gasteiger partial charge on any atom is 0.410 e. The number of rotatable bonds is 7. The van der Waals surface area contributed by atoms with E-state index in [9.17, 15) is 22.4 Å². The Morgan fingerprint density at radius 2 is 1.81 bits per heavy atom. The quantitative estimate of drug-likeness (QED) is 0.368. The third kappa shape index (κ3) is 7.74. The monoisotopic (exact) mass is 621 g/mol. The van der Waals surface area contributed by atoms with Gasteiger partial charge in [0.15, 0.2) is 11.6 Å². The molecule has 2 amide bonds.